The molecular weight excluding hydrogens is 199 g/mol. The maximum atomic E-state index is 9.90. The lowest BCUT2D eigenvalue weighted by Crippen LogP contribution is -2.22. The minimum absolute atomic E-state index is 0.419. The molecule has 0 radical (unpaired) electrons. The fraction of sp³-hybridized carbons (Fsp3) is 0.500. The lowest BCUT2D eigenvalue weighted by molar-refractivity contribution is -0.310. The zero-order valence-corrected chi connectivity index (χ0v) is 6.15. The Kier molecular flexibility index (Phi) is 2.83. The van der Waals surface area contributed by atoms with Crippen molar-refractivity contribution in [3.8, 4) is 0 Å². The molecular formula is C2H2BrO4P-2. The second-order valence-corrected chi connectivity index (χ2v) is 3.08. The van der Waals surface area contributed by atoms with E-state index in [1.54, 1.807) is 0 Å². The molecule has 0 bridgehead atoms. The maximum Gasteiger partial charge on any atom is 0.173 e. The van der Waals surface area contributed by atoms with Gasteiger partial charge >= 0.3 is 0 Å². The number of alkyl halides is 1. The van der Waals surface area contributed by atoms with E-state index in [-0.39, 0.29) is 0 Å². The molecule has 0 aliphatic heterocycles. The minimum Gasteiger partial charge on any atom is -0.805 e. The molecule has 0 N–H and O–H groups in total. The van der Waals surface area contributed by atoms with Gasteiger partial charge in [0.15, 0.2) is 5.52 Å². The van der Waals surface area contributed by atoms with Crippen LogP contribution < -0.4 is 9.79 Å². The van der Waals surface area contributed by atoms with E-state index in [1.807, 2.05) is 0 Å². The van der Waals surface area contributed by atoms with Gasteiger partial charge in [0.25, 0.3) is 0 Å². The van der Waals surface area contributed by atoms with Gasteiger partial charge in [-0.2, -0.15) is 0 Å². The molecule has 0 amide bonds. The Morgan fingerprint density at radius 2 is 2.00 bits per heavy atom. The van der Waals surface area contributed by atoms with Crippen molar-refractivity contribution >= 4 is 29.1 Å². The predicted molar refractivity (Wildman–Crippen MR) is 26.4 cm³/mol. The molecule has 0 aromatic carbocycles. The van der Waals surface area contributed by atoms with E-state index in [9.17, 15) is 19.1 Å². The quantitative estimate of drug-likeness (QED) is 0.416. The number of rotatable bonds is 2. The van der Waals surface area contributed by atoms with Gasteiger partial charge in [-0.3, -0.25) is 4.79 Å². The summed E-state index contributed by atoms with van der Waals surface area (Å²) in [6.45, 7) is 0. The Morgan fingerprint density at radius 3 is 2.00 bits per heavy atom. The molecule has 0 unspecified atom stereocenters. The number of hydrogen-bond acceptors (Lipinski definition) is 4. The third-order valence-corrected chi connectivity index (χ3v) is 2.13. The summed E-state index contributed by atoms with van der Waals surface area (Å²) in [6, 6.07) is 0. The van der Waals surface area contributed by atoms with Gasteiger partial charge in [-0.15, -0.1) is 0 Å². The standard InChI is InChI=1S/C2H4BrO4P/c3-1-2(4)8(5,6)7/h1H2,(H2,5,6,7)/p-2. The first-order valence-electron chi connectivity index (χ1n) is 1.60. The molecule has 0 heterocycles. The van der Waals surface area contributed by atoms with E-state index in [0.717, 1.165) is 0 Å². The predicted octanol–water partition coefficient (Wildman–Crippen LogP) is -1.18. The highest BCUT2D eigenvalue weighted by Gasteiger charge is 2.01. The number of carbonyl (C=O) groups is 1. The van der Waals surface area contributed by atoms with E-state index < -0.39 is 18.5 Å². The van der Waals surface area contributed by atoms with Crippen molar-refractivity contribution in [1.29, 1.82) is 0 Å². The lowest BCUT2D eigenvalue weighted by atomic mass is 10.9. The van der Waals surface area contributed by atoms with Crippen molar-refractivity contribution in [2.45, 2.75) is 0 Å². The average molecular weight is 201 g/mol. The third-order valence-electron chi connectivity index (χ3n) is 0.420. The Bertz CT molecular complexity index is 137. The van der Waals surface area contributed by atoms with Gasteiger partial charge in [0.1, 0.15) is 0 Å². The second-order valence-electron chi connectivity index (χ2n) is 1.02. The highest BCUT2D eigenvalue weighted by molar-refractivity contribution is 9.09. The van der Waals surface area contributed by atoms with Crippen LogP contribution in [0.15, 0.2) is 0 Å². The van der Waals surface area contributed by atoms with Crippen LogP contribution in [0.5, 0.6) is 0 Å². The van der Waals surface area contributed by atoms with Gasteiger partial charge < -0.3 is 14.4 Å². The smallest absolute Gasteiger partial charge is 0.173 e. The molecule has 0 fully saturated rings. The molecule has 0 rings (SSSR count). The van der Waals surface area contributed by atoms with Gasteiger partial charge in [-0.05, 0) is 0 Å². The second kappa shape index (κ2) is 2.73. The van der Waals surface area contributed by atoms with Crippen molar-refractivity contribution in [2.75, 3.05) is 5.33 Å². The molecule has 4 nitrogen and oxygen atoms in total. The topological polar surface area (TPSA) is 80.3 Å². The zero-order valence-electron chi connectivity index (χ0n) is 3.67. The average Bonchev–Trinajstić information content (AvgIpc) is 1.62. The summed E-state index contributed by atoms with van der Waals surface area (Å²) in [4.78, 5) is 29.2. The van der Waals surface area contributed by atoms with Gasteiger partial charge in [0.05, 0.1) is 5.33 Å². The first-order chi connectivity index (χ1) is 3.48. The van der Waals surface area contributed by atoms with Crippen molar-refractivity contribution in [3.63, 3.8) is 0 Å². The summed E-state index contributed by atoms with van der Waals surface area (Å²) >= 11 is 2.53. The van der Waals surface area contributed by atoms with Gasteiger partial charge in [-0.25, -0.2) is 0 Å². The molecule has 0 atom stereocenters. The van der Waals surface area contributed by atoms with Crippen molar-refractivity contribution in [3.05, 3.63) is 0 Å². The van der Waals surface area contributed by atoms with Crippen LogP contribution in [-0.2, 0) is 9.36 Å². The van der Waals surface area contributed by atoms with Crippen LogP contribution in [0.2, 0.25) is 0 Å². The molecule has 8 heavy (non-hydrogen) atoms. The van der Waals surface area contributed by atoms with E-state index in [2.05, 4.69) is 15.9 Å². The van der Waals surface area contributed by atoms with Crippen molar-refractivity contribution in [2.24, 2.45) is 0 Å². The molecule has 6 heteroatoms. The van der Waals surface area contributed by atoms with Crippen LogP contribution >= 0.6 is 23.5 Å². The highest BCUT2D eigenvalue weighted by atomic mass is 79.9. The van der Waals surface area contributed by atoms with E-state index in [1.165, 1.54) is 0 Å². The Morgan fingerprint density at radius 1 is 1.62 bits per heavy atom. The first-order valence-corrected chi connectivity index (χ1v) is 4.26. The third kappa shape index (κ3) is 2.57. The van der Waals surface area contributed by atoms with Crippen LogP contribution in [0.4, 0.5) is 0 Å². The zero-order chi connectivity index (χ0) is 6.78. The molecule has 0 aromatic heterocycles. The minimum atomic E-state index is -4.94. The molecule has 48 valence electrons. The van der Waals surface area contributed by atoms with Gasteiger partial charge in [-0.1, -0.05) is 15.9 Å². The normalized spacial score (nSPS) is 11.4. The summed E-state index contributed by atoms with van der Waals surface area (Å²) in [5.41, 5.74) is -1.31. The number of carbonyl (C=O) groups excluding carboxylic acids is 1. The van der Waals surface area contributed by atoms with Crippen LogP contribution in [0.3, 0.4) is 0 Å². The van der Waals surface area contributed by atoms with Crippen LogP contribution in [-0.4, -0.2) is 10.9 Å². The molecule has 0 spiro atoms. The van der Waals surface area contributed by atoms with Crippen LogP contribution in [0, 0.1) is 0 Å². The Balaban J connectivity index is 4.04. The Hall–Kier alpha value is 0.300. The molecule has 0 aliphatic rings. The summed E-state index contributed by atoms with van der Waals surface area (Å²) < 4.78 is 9.65. The number of halogens is 1. The molecule has 0 saturated heterocycles. The lowest BCUT2D eigenvalue weighted by Gasteiger charge is -2.25. The van der Waals surface area contributed by atoms with E-state index in [4.69, 9.17) is 0 Å². The summed E-state index contributed by atoms with van der Waals surface area (Å²) in [6.07, 6.45) is 0. The highest BCUT2D eigenvalue weighted by Crippen LogP contribution is 2.24. The fourth-order valence-electron chi connectivity index (χ4n) is 0.0732. The van der Waals surface area contributed by atoms with E-state index in [0.29, 0.717) is 0 Å². The largest absolute Gasteiger partial charge is 0.805 e. The molecule has 0 saturated carbocycles. The molecule has 0 aromatic rings. The van der Waals surface area contributed by atoms with Crippen molar-refractivity contribution in [1.82, 2.24) is 0 Å². The van der Waals surface area contributed by atoms with Gasteiger partial charge in [0.2, 0.25) is 0 Å². The van der Waals surface area contributed by atoms with Crippen molar-refractivity contribution < 1.29 is 19.1 Å². The monoisotopic (exact) mass is 200 g/mol. The van der Waals surface area contributed by atoms with Crippen LogP contribution in [0.25, 0.3) is 0 Å². The van der Waals surface area contributed by atoms with Gasteiger partial charge in [0, 0.05) is 7.60 Å². The SMILES string of the molecule is O=C(CBr)P(=O)([O-])[O-]. The first kappa shape index (κ1) is 8.30. The maximum absolute atomic E-state index is 9.90. The summed E-state index contributed by atoms with van der Waals surface area (Å²) in [5.74, 6) is 0. The fourth-order valence-corrected chi connectivity index (χ4v) is 1.14. The van der Waals surface area contributed by atoms with Crippen LogP contribution in [0.1, 0.15) is 0 Å². The Labute approximate surface area is 54.2 Å². The summed E-state index contributed by atoms with van der Waals surface area (Å²) in [7, 11) is -4.94. The number of hydrogen-bond donors (Lipinski definition) is 0. The van der Waals surface area contributed by atoms with E-state index >= 15 is 0 Å². The summed E-state index contributed by atoms with van der Waals surface area (Å²) in [5, 5.41) is -0.419. The molecule has 0 aliphatic carbocycles.